The molecular weight excluding hydrogens is 458 g/mol. The SMILES string of the molecule is COc1ccc2c(c1)O[C@@H](c1ccc(C(=O)O)cc1)C[C@H]2NC(=O)C1(c2ccc(C)c(OC)c2)CC1. The van der Waals surface area contributed by atoms with E-state index in [0.29, 0.717) is 17.9 Å². The molecule has 2 atom stereocenters. The number of carbonyl (C=O) groups is 2. The van der Waals surface area contributed by atoms with Crippen LogP contribution in [0.2, 0.25) is 0 Å². The second kappa shape index (κ2) is 9.22. The fourth-order valence-corrected chi connectivity index (χ4v) is 4.94. The van der Waals surface area contributed by atoms with Gasteiger partial charge in [-0.2, -0.15) is 0 Å². The van der Waals surface area contributed by atoms with Crippen LogP contribution < -0.4 is 19.5 Å². The highest BCUT2D eigenvalue weighted by Crippen LogP contribution is 2.51. The molecule has 5 rings (SSSR count). The fraction of sp³-hybridized carbons (Fsp3) is 0.310. The Hall–Kier alpha value is -4.00. The number of carboxylic acid groups (broad SMARTS) is 1. The summed E-state index contributed by atoms with van der Waals surface area (Å²) in [4.78, 5) is 25.0. The van der Waals surface area contributed by atoms with Crippen molar-refractivity contribution in [2.45, 2.75) is 43.7 Å². The van der Waals surface area contributed by atoms with E-state index in [0.717, 1.165) is 40.8 Å². The number of ether oxygens (including phenoxy) is 3. The van der Waals surface area contributed by atoms with Crippen molar-refractivity contribution in [3.05, 3.63) is 88.5 Å². The molecule has 3 aromatic carbocycles. The van der Waals surface area contributed by atoms with Crippen LogP contribution in [0.1, 0.15) is 64.0 Å². The molecule has 1 aliphatic heterocycles. The summed E-state index contributed by atoms with van der Waals surface area (Å²) in [5.41, 5.74) is 3.37. The number of methoxy groups -OCH3 is 2. The molecule has 0 saturated heterocycles. The van der Waals surface area contributed by atoms with Crippen molar-refractivity contribution in [3.8, 4) is 17.2 Å². The van der Waals surface area contributed by atoms with Crippen molar-refractivity contribution in [2.24, 2.45) is 0 Å². The monoisotopic (exact) mass is 487 g/mol. The third-order valence-corrected chi connectivity index (χ3v) is 7.30. The summed E-state index contributed by atoms with van der Waals surface area (Å²) in [5, 5.41) is 12.5. The van der Waals surface area contributed by atoms with Gasteiger partial charge in [-0.3, -0.25) is 4.79 Å². The molecule has 1 aliphatic carbocycles. The van der Waals surface area contributed by atoms with Crippen LogP contribution in [-0.2, 0) is 10.2 Å². The average molecular weight is 488 g/mol. The molecule has 0 spiro atoms. The Morgan fingerprint density at radius 3 is 2.39 bits per heavy atom. The number of nitrogens with one attached hydrogen (secondary N) is 1. The maximum absolute atomic E-state index is 13.7. The fourth-order valence-electron chi connectivity index (χ4n) is 4.94. The Bertz CT molecular complexity index is 1310. The van der Waals surface area contributed by atoms with Gasteiger partial charge in [0.1, 0.15) is 23.4 Å². The first-order valence-electron chi connectivity index (χ1n) is 12.0. The molecule has 1 saturated carbocycles. The maximum atomic E-state index is 13.7. The largest absolute Gasteiger partial charge is 0.497 e. The number of benzene rings is 3. The number of rotatable bonds is 7. The lowest BCUT2D eigenvalue weighted by Crippen LogP contribution is -2.39. The van der Waals surface area contributed by atoms with E-state index < -0.39 is 11.4 Å². The molecule has 1 fully saturated rings. The predicted octanol–water partition coefficient (Wildman–Crippen LogP) is 5.12. The van der Waals surface area contributed by atoms with Crippen molar-refractivity contribution in [3.63, 3.8) is 0 Å². The molecule has 0 aromatic heterocycles. The van der Waals surface area contributed by atoms with Crippen LogP contribution in [0.3, 0.4) is 0 Å². The van der Waals surface area contributed by atoms with E-state index in [1.165, 1.54) is 0 Å². The highest BCUT2D eigenvalue weighted by atomic mass is 16.5. The Labute approximate surface area is 210 Å². The van der Waals surface area contributed by atoms with Gasteiger partial charge in [-0.1, -0.05) is 24.3 Å². The number of hydrogen-bond acceptors (Lipinski definition) is 5. The number of aryl methyl sites for hydroxylation is 1. The first-order chi connectivity index (χ1) is 17.3. The lowest BCUT2D eigenvalue weighted by atomic mass is 9.90. The van der Waals surface area contributed by atoms with Gasteiger partial charge in [0, 0.05) is 18.1 Å². The van der Waals surface area contributed by atoms with Gasteiger partial charge in [-0.15, -0.1) is 0 Å². The zero-order valence-corrected chi connectivity index (χ0v) is 20.5. The summed E-state index contributed by atoms with van der Waals surface area (Å²) >= 11 is 0. The van der Waals surface area contributed by atoms with Crippen molar-refractivity contribution in [1.29, 1.82) is 0 Å². The maximum Gasteiger partial charge on any atom is 0.335 e. The smallest absolute Gasteiger partial charge is 0.335 e. The quantitative estimate of drug-likeness (QED) is 0.480. The summed E-state index contributed by atoms with van der Waals surface area (Å²) in [6, 6.07) is 18.0. The van der Waals surface area contributed by atoms with Gasteiger partial charge in [0.15, 0.2) is 0 Å². The molecule has 0 unspecified atom stereocenters. The van der Waals surface area contributed by atoms with Crippen LogP contribution in [-0.4, -0.2) is 31.2 Å². The number of carbonyl (C=O) groups excluding carboxylic acids is 1. The molecule has 186 valence electrons. The molecule has 7 heteroatoms. The van der Waals surface area contributed by atoms with Crippen LogP contribution >= 0.6 is 0 Å². The van der Waals surface area contributed by atoms with E-state index in [2.05, 4.69) is 5.32 Å². The minimum Gasteiger partial charge on any atom is -0.497 e. The van der Waals surface area contributed by atoms with E-state index in [1.54, 1.807) is 38.5 Å². The average Bonchev–Trinajstić information content (AvgIpc) is 3.70. The molecule has 7 nitrogen and oxygen atoms in total. The summed E-state index contributed by atoms with van der Waals surface area (Å²) in [5.74, 6) is 1.09. The van der Waals surface area contributed by atoms with E-state index >= 15 is 0 Å². The molecule has 0 bridgehead atoms. The number of amides is 1. The van der Waals surface area contributed by atoms with Gasteiger partial charge in [0.2, 0.25) is 5.91 Å². The summed E-state index contributed by atoms with van der Waals surface area (Å²) in [7, 11) is 3.24. The van der Waals surface area contributed by atoms with Crippen LogP contribution in [0.15, 0.2) is 60.7 Å². The van der Waals surface area contributed by atoms with Crippen LogP contribution in [0.25, 0.3) is 0 Å². The number of carboxylic acids is 1. The van der Waals surface area contributed by atoms with Gasteiger partial charge < -0.3 is 24.6 Å². The first kappa shape index (κ1) is 23.7. The second-order valence-electron chi connectivity index (χ2n) is 9.47. The van der Waals surface area contributed by atoms with Gasteiger partial charge in [-0.25, -0.2) is 4.79 Å². The van der Waals surface area contributed by atoms with E-state index in [1.807, 2.05) is 43.3 Å². The standard InChI is InChI=1S/C29H29NO6/c1-17-4-9-20(14-24(17)35-3)29(12-13-29)28(33)30-23-16-25(18-5-7-19(8-6-18)27(31)32)36-26-15-21(34-2)10-11-22(23)26/h4-11,14-15,23,25H,12-13,16H2,1-3H3,(H,30,33)(H,31,32)/t23-,25-/m1/s1. The van der Waals surface area contributed by atoms with Crippen LogP contribution in [0.5, 0.6) is 17.2 Å². The predicted molar refractivity (Wildman–Crippen MR) is 134 cm³/mol. The Morgan fingerprint density at radius 1 is 1.00 bits per heavy atom. The van der Waals surface area contributed by atoms with Gasteiger partial charge in [0.25, 0.3) is 0 Å². The highest BCUT2D eigenvalue weighted by molar-refractivity contribution is 5.92. The van der Waals surface area contributed by atoms with Gasteiger partial charge >= 0.3 is 5.97 Å². The number of fused-ring (bicyclic) bond motifs is 1. The molecule has 1 heterocycles. The minimum atomic E-state index is -0.978. The Balaban J connectivity index is 1.44. The third kappa shape index (κ3) is 4.26. The minimum absolute atomic E-state index is 0.0120. The Morgan fingerprint density at radius 2 is 1.75 bits per heavy atom. The molecule has 3 aromatic rings. The first-order valence-corrected chi connectivity index (χ1v) is 12.0. The van der Waals surface area contributed by atoms with E-state index in [9.17, 15) is 14.7 Å². The lowest BCUT2D eigenvalue weighted by molar-refractivity contribution is -0.124. The molecule has 0 radical (unpaired) electrons. The topological polar surface area (TPSA) is 94.1 Å². The van der Waals surface area contributed by atoms with Crippen LogP contribution in [0.4, 0.5) is 0 Å². The van der Waals surface area contributed by atoms with E-state index in [-0.39, 0.29) is 23.6 Å². The van der Waals surface area contributed by atoms with E-state index in [4.69, 9.17) is 14.2 Å². The Kier molecular flexibility index (Phi) is 6.08. The molecular formula is C29H29NO6. The summed E-state index contributed by atoms with van der Waals surface area (Å²) in [6.45, 7) is 1.98. The zero-order chi connectivity index (χ0) is 25.4. The van der Waals surface area contributed by atoms with Crippen molar-refractivity contribution >= 4 is 11.9 Å². The number of hydrogen-bond donors (Lipinski definition) is 2. The van der Waals surface area contributed by atoms with Crippen molar-refractivity contribution < 1.29 is 28.9 Å². The number of aromatic carboxylic acids is 1. The molecule has 1 amide bonds. The zero-order valence-electron chi connectivity index (χ0n) is 20.5. The second-order valence-corrected chi connectivity index (χ2v) is 9.47. The normalized spacial score (nSPS) is 19.4. The molecule has 2 aliphatic rings. The van der Waals surface area contributed by atoms with Crippen molar-refractivity contribution in [2.75, 3.05) is 14.2 Å². The molecule has 36 heavy (non-hydrogen) atoms. The summed E-state index contributed by atoms with van der Waals surface area (Å²) < 4.78 is 17.2. The van der Waals surface area contributed by atoms with Gasteiger partial charge in [-0.05, 0) is 66.8 Å². The van der Waals surface area contributed by atoms with Gasteiger partial charge in [0.05, 0.1) is 31.2 Å². The van der Waals surface area contributed by atoms with Crippen molar-refractivity contribution in [1.82, 2.24) is 5.32 Å². The molecule has 2 N–H and O–H groups in total. The van der Waals surface area contributed by atoms with Crippen LogP contribution in [0, 0.1) is 6.92 Å². The lowest BCUT2D eigenvalue weighted by Gasteiger charge is -2.34. The highest BCUT2D eigenvalue weighted by Gasteiger charge is 2.52. The summed E-state index contributed by atoms with van der Waals surface area (Å²) in [6.07, 6.45) is 1.73. The third-order valence-electron chi connectivity index (χ3n) is 7.30.